The van der Waals surface area contributed by atoms with Crippen LogP contribution in [0.25, 0.3) is 0 Å². The van der Waals surface area contributed by atoms with E-state index in [0.29, 0.717) is 12.2 Å². The highest BCUT2D eigenvalue weighted by Gasteiger charge is 2.15. The Labute approximate surface area is 112 Å². The number of aryl methyl sites for hydroxylation is 1. The molecule has 2 aromatic rings. The molecule has 1 amide bonds. The van der Waals surface area contributed by atoms with E-state index >= 15 is 0 Å². The highest BCUT2D eigenvalue weighted by Crippen LogP contribution is 2.18. The summed E-state index contributed by atoms with van der Waals surface area (Å²) < 4.78 is 1.98. The zero-order valence-corrected chi connectivity index (χ0v) is 11.3. The monoisotopic (exact) mass is 261 g/mol. The molecular weight excluding hydrogens is 242 g/mol. The molecule has 2 rings (SSSR count). The SMILES string of the molecule is CCCC(CC(=O)Nc1cc(C)[nH]n1)n1ccnc1. The predicted octanol–water partition coefficient (Wildman–Crippen LogP) is 2.28. The zero-order valence-electron chi connectivity index (χ0n) is 11.3. The minimum Gasteiger partial charge on any atom is -0.334 e. The summed E-state index contributed by atoms with van der Waals surface area (Å²) in [4.78, 5) is 16.0. The van der Waals surface area contributed by atoms with Gasteiger partial charge in [0.05, 0.1) is 6.33 Å². The number of nitrogens with one attached hydrogen (secondary N) is 2. The van der Waals surface area contributed by atoms with Gasteiger partial charge in [0, 0.05) is 36.6 Å². The predicted molar refractivity (Wildman–Crippen MR) is 72.7 cm³/mol. The Bertz CT molecular complexity index is 517. The molecule has 0 aliphatic rings. The molecule has 0 bridgehead atoms. The van der Waals surface area contributed by atoms with E-state index in [4.69, 9.17) is 0 Å². The molecule has 0 spiro atoms. The zero-order chi connectivity index (χ0) is 13.7. The average Bonchev–Trinajstić information content (AvgIpc) is 3.00. The van der Waals surface area contributed by atoms with Crippen LogP contribution >= 0.6 is 0 Å². The molecule has 19 heavy (non-hydrogen) atoms. The van der Waals surface area contributed by atoms with Crippen LogP contribution in [0.1, 0.15) is 37.9 Å². The van der Waals surface area contributed by atoms with Crippen LogP contribution in [0.2, 0.25) is 0 Å². The summed E-state index contributed by atoms with van der Waals surface area (Å²) in [6.07, 6.45) is 7.79. The van der Waals surface area contributed by atoms with Gasteiger partial charge in [-0.05, 0) is 13.3 Å². The average molecular weight is 261 g/mol. The normalized spacial score (nSPS) is 12.3. The minimum atomic E-state index is -0.0290. The van der Waals surface area contributed by atoms with Gasteiger partial charge < -0.3 is 9.88 Å². The second-order valence-corrected chi connectivity index (χ2v) is 4.64. The molecule has 0 radical (unpaired) electrons. The summed E-state index contributed by atoms with van der Waals surface area (Å²) in [6, 6.07) is 1.96. The van der Waals surface area contributed by atoms with Crippen molar-refractivity contribution in [3.63, 3.8) is 0 Å². The molecule has 102 valence electrons. The highest BCUT2D eigenvalue weighted by molar-refractivity contribution is 5.90. The van der Waals surface area contributed by atoms with E-state index in [1.54, 1.807) is 12.5 Å². The summed E-state index contributed by atoms with van der Waals surface area (Å²) >= 11 is 0. The summed E-state index contributed by atoms with van der Waals surface area (Å²) in [5, 5.41) is 9.59. The van der Waals surface area contributed by atoms with Crippen molar-refractivity contribution < 1.29 is 4.79 Å². The number of amides is 1. The van der Waals surface area contributed by atoms with E-state index in [1.165, 1.54) is 0 Å². The molecule has 0 aromatic carbocycles. The van der Waals surface area contributed by atoms with Crippen molar-refractivity contribution in [2.75, 3.05) is 5.32 Å². The Morgan fingerprint density at radius 1 is 1.58 bits per heavy atom. The fourth-order valence-electron chi connectivity index (χ4n) is 2.07. The van der Waals surface area contributed by atoms with E-state index in [0.717, 1.165) is 18.5 Å². The van der Waals surface area contributed by atoms with Crippen molar-refractivity contribution in [2.45, 2.75) is 39.2 Å². The largest absolute Gasteiger partial charge is 0.334 e. The van der Waals surface area contributed by atoms with Gasteiger partial charge in [0.15, 0.2) is 5.82 Å². The fourth-order valence-corrected chi connectivity index (χ4v) is 2.07. The Morgan fingerprint density at radius 2 is 2.42 bits per heavy atom. The van der Waals surface area contributed by atoms with Crippen LogP contribution in [-0.2, 0) is 4.79 Å². The second kappa shape index (κ2) is 6.17. The van der Waals surface area contributed by atoms with Gasteiger partial charge in [-0.3, -0.25) is 9.89 Å². The van der Waals surface area contributed by atoms with E-state index in [9.17, 15) is 4.79 Å². The van der Waals surface area contributed by atoms with Crippen LogP contribution in [0, 0.1) is 6.92 Å². The van der Waals surface area contributed by atoms with Gasteiger partial charge in [-0.1, -0.05) is 13.3 Å². The topological polar surface area (TPSA) is 75.6 Å². The van der Waals surface area contributed by atoms with E-state index < -0.39 is 0 Å². The first-order chi connectivity index (χ1) is 9.19. The number of nitrogens with zero attached hydrogens (tertiary/aromatic N) is 3. The molecule has 2 N–H and O–H groups in total. The molecular formula is C13H19N5O. The number of hydrogen-bond acceptors (Lipinski definition) is 3. The van der Waals surface area contributed by atoms with Crippen LogP contribution < -0.4 is 5.32 Å². The van der Waals surface area contributed by atoms with Crippen molar-refractivity contribution in [1.82, 2.24) is 19.7 Å². The highest BCUT2D eigenvalue weighted by atomic mass is 16.1. The van der Waals surface area contributed by atoms with Gasteiger partial charge in [0.2, 0.25) is 5.91 Å². The maximum atomic E-state index is 12.0. The maximum Gasteiger partial charge on any atom is 0.227 e. The molecule has 6 nitrogen and oxygen atoms in total. The number of carbonyl (C=O) groups is 1. The first-order valence-electron chi connectivity index (χ1n) is 6.48. The number of imidazole rings is 1. The Morgan fingerprint density at radius 3 is 3.00 bits per heavy atom. The van der Waals surface area contributed by atoms with Crippen molar-refractivity contribution >= 4 is 11.7 Å². The molecule has 6 heteroatoms. The quantitative estimate of drug-likeness (QED) is 0.837. The molecule has 1 unspecified atom stereocenters. The van der Waals surface area contributed by atoms with E-state index in [-0.39, 0.29) is 11.9 Å². The van der Waals surface area contributed by atoms with Crippen molar-refractivity contribution in [2.24, 2.45) is 0 Å². The first kappa shape index (κ1) is 13.3. The fraction of sp³-hybridized carbons (Fsp3) is 0.462. The number of aromatic nitrogens is 4. The lowest BCUT2D eigenvalue weighted by atomic mass is 10.1. The lowest BCUT2D eigenvalue weighted by Crippen LogP contribution is -2.19. The summed E-state index contributed by atoms with van der Waals surface area (Å²) in [5.41, 5.74) is 0.926. The molecule has 0 aliphatic heterocycles. The lowest BCUT2D eigenvalue weighted by molar-refractivity contribution is -0.117. The standard InChI is InChI=1S/C13H19N5O/c1-3-4-11(18-6-5-14-9-18)8-13(19)15-12-7-10(2)16-17-12/h5-7,9,11H,3-4,8H2,1-2H3,(H2,15,16,17,19). The van der Waals surface area contributed by atoms with Crippen molar-refractivity contribution in [3.05, 3.63) is 30.5 Å². The maximum absolute atomic E-state index is 12.0. The second-order valence-electron chi connectivity index (χ2n) is 4.64. The first-order valence-corrected chi connectivity index (χ1v) is 6.48. The smallest absolute Gasteiger partial charge is 0.227 e. The number of rotatable bonds is 6. The third-order valence-corrected chi connectivity index (χ3v) is 2.96. The number of anilines is 1. The molecule has 0 saturated heterocycles. The number of aromatic amines is 1. The van der Waals surface area contributed by atoms with Gasteiger partial charge in [0.25, 0.3) is 0 Å². The van der Waals surface area contributed by atoms with Gasteiger partial charge in [-0.15, -0.1) is 0 Å². The number of H-pyrrole nitrogens is 1. The van der Waals surface area contributed by atoms with Crippen LogP contribution in [0.3, 0.4) is 0 Å². The molecule has 2 aromatic heterocycles. The molecule has 2 heterocycles. The summed E-state index contributed by atoms with van der Waals surface area (Å²) in [5.74, 6) is 0.544. The van der Waals surface area contributed by atoms with Crippen molar-refractivity contribution in [3.8, 4) is 0 Å². The third kappa shape index (κ3) is 3.67. The van der Waals surface area contributed by atoms with Crippen LogP contribution in [0.4, 0.5) is 5.82 Å². The molecule has 1 atom stereocenters. The van der Waals surface area contributed by atoms with Crippen LogP contribution in [-0.4, -0.2) is 25.7 Å². The number of hydrogen-bond donors (Lipinski definition) is 2. The Kier molecular flexibility index (Phi) is 4.33. The third-order valence-electron chi connectivity index (χ3n) is 2.96. The summed E-state index contributed by atoms with van der Waals surface area (Å²) in [6.45, 7) is 4.01. The Hall–Kier alpha value is -2.11. The van der Waals surface area contributed by atoms with E-state index in [2.05, 4.69) is 27.4 Å². The lowest BCUT2D eigenvalue weighted by Gasteiger charge is -2.16. The van der Waals surface area contributed by atoms with Crippen molar-refractivity contribution in [1.29, 1.82) is 0 Å². The molecule has 0 aliphatic carbocycles. The minimum absolute atomic E-state index is 0.0290. The van der Waals surface area contributed by atoms with Crippen LogP contribution in [0.15, 0.2) is 24.8 Å². The van der Waals surface area contributed by atoms with Gasteiger partial charge >= 0.3 is 0 Å². The van der Waals surface area contributed by atoms with Crippen LogP contribution in [0.5, 0.6) is 0 Å². The van der Waals surface area contributed by atoms with E-state index in [1.807, 2.05) is 23.8 Å². The molecule has 0 saturated carbocycles. The number of carbonyl (C=O) groups excluding carboxylic acids is 1. The van der Waals surface area contributed by atoms with Gasteiger partial charge in [-0.2, -0.15) is 5.10 Å². The Balaban J connectivity index is 1.95. The summed E-state index contributed by atoms with van der Waals surface area (Å²) in [7, 11) is 0. The van der Waals surface area contributed by atoms with Gasteiger partial charge in [0.1, 0.15) is 0 Å². The molecule has 0 fully saturated rings. The van der Waals surface area contributed by atoms with Gasteiger partial charge in [-0.25, -0.2) is 4.98 Å².